The molecule has 274 valence electrons. The van der Waals surface area contributed by atoms with E-state index in [-0.39, 0.29) is 12.5 Å². The number of carbonyl (C=O) groups is 1. The monoisotopic (exact) mass is 690 g/mol. The van der Waals surface area contributed by atoms with Crippen molar-refractivity contribution in [3.05, 3.63) is 85.1 Å². The topological polar surface area (TPSA) is 108 Å². The van der Waals surface area contributed by atoms with Crippen molar-refractivity contribution in [3.8, 4) is 0 Å². The fraction of sp³-hybridized carbons (Fsp3) is 0.615. The Morgan fingerprint density at radius 3 is 1.92 bits per heavy atom. The Kier molecular flexibility index (Phi) is 29.2. The van der Waals surface area contributed by atoms with E-state index in [1.54, 1.807) is 6.08 Å². The van der Waals surface area contributed by atoms with Crippen LogP contribution in [0.1, 0.15) is 104 Å². The first-order chi connectivity index (χ1) is 23.0. The van der Waals surface area contributed by atoms with Gasteiger partial charge in [-0.3, -0.25) is 9.36 Å². The normalized spacial score (nSPS) is 15.7. The lowest BCUT2D eigenvalue weighted by atomic mass is 10.1. The van der Waals surface area contributed by atoms with Gasteiger partial charge in [-0.25, -0.2) is 0 Å². The van der Waals surface area contributed by atoms with E-state index in [0.29, 0.717) is 30.3 Å². The number of hydrogen-bond acceptors (Lipinski definition) is 6. The van der Waals surface area contributed by atoms with E-state index in [1.807, 2.05) is 40.2 Å². The number of quaternary nitrogens is 1. The van der Waals surface area contributed by atoms with Crippen LogP contribution >= 0.6 is 7.82 Å². The number of nitrogens with one attached hydrogen (secondary N) is 1. The molecule has 0 rings (SSSR count). The van der Waals surface area contributed by atoms with E-state index in [2.05, 4.69) is 79.1 Å². The van der Waals surface area contributed by atoms with E-state index in [4.69, 9.17) is 9.05 Å². The molecular weight excluding hydrogens is 623 g/mol. The quantitative estimate of drug-likeness (QED) is 0.0339. The highest BCUT2D eigenvalue weighted by molar-refractivity contribution is 7.45. The first-order valence-corrected chi connectivity index (χ1v) is 19.4. The molecule has 1 amide bonds. The van der Waals surface area contributed by atoms with Crippen LogP contribution < -0.4 is 10.2 Å². The molecule has 0 fully saturated rings. The van der Waals surface area contributed by atoms with Crippen molar-refractivity contribution >= 4 is 13.7 Å². The summed E-state index contributed by atoms with van der Waals surface area (Å²) in [7, 11) is 1.19. The summed E-state index contributed by atoms with van der Waals surface area (Å²) in [5, 5.41) is 13.6. The molecule has 2 N–H and O–H groups in total. The van der Waals surface area contributed by atoms with Crippen molar-refractivity contribution in [1.29, 1.82) is 0 Å². The van der Waals surface area contributed by atoms with Gasteiger partial charge in [-0.05, 0) is 77.6 Å². The highest BCUT2D eigenvalue weighted by atomic mass is 31.2. The maximum atomic E-state index is 12.7. The summed E-state index contributed by atoms with van der Waals surface area (Å²) < 4.78 is 23.0. The first-order valence-electron chi connectivity index (χ1n) is 17.9. The van der Waals surface area contributed by atoms with Gasteiger partial charge in [0.25, 0.3) is 7.82 Å². The molecule has 48 heavy (non-hydrogen) atoms. The summed E-state index contributed by atoms with van der Waals surface area (Å²) in [5.74, 6) is -0.245. The lowest BCUT2D eigenvalue weighted by Gasteiger charge is -2.29. The molecule has 0 saturated carbocycles. The van der Waals surface area contributed by atoms with Gasteiger partial charge in [0.1, 0.15) is 13.2 Å². The summed E-state index contributed by atoms with van der Waals surface area (Å²) in [4.78, 5) is 25.1. The summed E-state index contributed by atoms with van der Waals surface area (Å²) in [5.41, 5.74) is 0. The zero-order valence-corrected chi connectivity index (χ0v) is 31.5. The number of carbonyl (C=O) groups excluding carboxylic acids is 1. The smallest absolute Gasteiger partial charge is 0.268 e. The second-order valence-electron chi connectivity index (χ2n) is 12.8. The van der Waals surface area contributed by atoms with Gasteiger partial charge in [-0.1, -0.05) is 105 Å². The Morgan fingerprint density at radius 1 is 0.771 bits per heavy atom. The Balaban J connectivity index is 4.60. The number of nitrogens with zero attached hydrogens (tertiary/aromatic N) is 1. The van der Waals surface area contributed by atoms with E-state index in [0.717, 1.165) is 70.6 Å². The molecule has 0 aliphatic carbocycles. The molecule has 9 heteroatoms. The van der Waals surface area contributed by atoms with Crippen molar-refractivity contribution in [3.63, 3.8) is 0 Å². The molecule has 0 aliphatic heterocycles. The number of likely N-dealkylation sites (N-methyl/N-ethyl adjacent to an activating group) is 1. The highest BCUT2D eigenvalue weighted by Gasteiger charge is 2.23. The molecule has 0 aliphatic rings. The summed E-state index contributed by atoms with van der Waals surface area (Å²) in [6, 6.07) is -0.924. The van der Waals surface area contributed by atoms with Gasteiger partial charge in [0.05, 0.1) is 39.9 Å². The molecule has 0 aromatic carbocycles. The fourth-order valence-corrected chi connectivity index (χ4v) is 5.02. The van der Waals surface area contributed by atoms with Gasteiger partial charge in [0.2, 0.25) is 5.91 Å². The second kappa shape index (κ2) is 30.7. The van der Waals surface area contributed by atoms with Crippen LogP contribution in [0.3, 0.4) is 0 Å². The maximum Gasteiger partial charge on any atom is 0.268 e. The van der Waals surface area contributed by atoms with Gasteiger partial charge >= 0.3 is 0 Å². The van der Waals surface area contributed by atoms with Crippen LogP contribution in [-0.4, -0.2) is 68.5 Å². The zero-order valence-electron chi connectivity index (χ0n) is 30.6. The minimum Gasteiger partial charge on any atom is -0.756 e. The number of allylic oxidation sites excluding steroid dienone is 13. The van der Waals surface area contributed by atoms with Crippen LogP contribution in [0.15, 0.2) is 85.1 Å². The largest absolute Gasteiger partial charge is 0.756 e. The summed E-state index contributed by atoms with van der Waals surface area (Å²) >= 11 is 0. The number of phosphoric acid groups is 1. The lowest BCUT2D eigenvalue weighted by molar-refractivity contribution is -0.870. The number of rotatable bonds is 30. The Labute approximate surface area is 293 Å². The second-order valence-corrected chi connectivity index (χ2v) is 14.2. The predicted molar refractivity (Wildman–Crippen MR) is 200 cm³/mol. The molecule has 8 nitrogen and oxygen atoms in total. The molecule has 3 atom stereocenters. The Bertz CT molecular complexity index is 1060. The average molecular weight is 691 g/mol. The number of unbranched alkanes of at least 4 members (excludes halogenated alkanes) is 6. The predicted octanol–water partition coefficient (Wildman–Crippen LogP) is 8.43. The molecule has 0 spiro atoms. The minimum atomic E-state index is -4.60. The fourth-order valence-electron chi connectivity index (χ4n) is 4.30. The van der Waals surface area contributed by atoms with E-state index in [1.165, 1.54) is 0 Å². The van der Waals surface area contributed by atoms with Gasteiger partial charge < -0.3 is 28.8 Å². The van der Waals surface area contributed by atoms with Crippen LogP contribution in [0.2, 0.25) is 0 Å². The molecule has 3 unspecified atom stereocenters. The zero-order chi connectivity index (χ0) is 35.8. The lowest BCUT2D eigenvalue weighted by Crippen LogP contribution is -2.45. The van der Waals surface area contributed by atoms with Crippen LogP contribution in [0.5, 0.6) is 0 Å². The van der Waals surface area contributed by atoms with Crippen molar-refractivity contribution in [2.45, 2.75) is 116 Å². The van der Waals surface area contributed by atoms with Gasteiger partial charge in [0, 0.05) is 6.42 Å². The first kappa shape index (κ1) is 45.7. The number of aliphatic hydroxyl groups excluding tert-OH is 1. The molecular formula is C39H67N2O6P. The van der Waals surface area contributed by atoms with Crippen molar-refractivity contribution in [2.75, 3.05) is 40.9 Å². The third-order valence-corrected chi connectivity index (χ3v) is 8.13. The number of aliphatic hydroxyl groups is 1. The molecule has 0 saturated heterocycles. The van der Waals surface area contributed by atoms with Crippen molar-refractivity contribution in [1.82, 2.24) is 5.32 Å². The molecule has 0 aromatic rings. The van der Waals surface area contributed by atoms with E-state index in [9.17, 15) is 19.4 Å². The molecule has 0 radical (unpaired) electrons. The maximum absolute atomic E-state index is 12.7. The van der Waals surface area contributed by atoms with Gasteiger partial charge in [-0.15, -0.1) is 0 Å². The van der Waals surface area contributed by atoms with Crippen molar-refractivity contribution < 1.29 is 32.9 Å². The number of phosphoric ester groups is 1. The van der Waals surface area contributed by atoms with Crippen molar-refractivity contribution in [2.24, 2.45) is 0 Å². The van der Waals surface area contributed by atoms with Crippen LogP contribution in [-0.2, 0) is 18.4 Å². The van der Waals surface area contributed by atoms with Gasteiger partial charge in [0.15, 0.2) is 0 Å². The third-order valence-electron chi connectivity index (χ3n) is 7.16. The van der Waals surface area contributed by atoms with Crippen LogP contribution in [0.4, 0.5) is 0 Å². The Hall–Kier alpha value is -2.32. The SMILES string of the molecule is C/C=C/CC/C=C/CC/C=C/C(O)C(COP(=O)([O-])OCC[N+](C)(C)C)NC(=O)CCCCCC/C=C\C/C=C\C/C=C\C/C=C\CC. The summed E-state index contributed by atoms with van der Waals surface area (Å²) in [6.45, 7) is 4.19. The molecule has 0 bridgehead atoms. The molecule has 0 aromatic heterocycles. The molecule has 0 heterocycles. The van der Waals surface area contributed by atoms with Crippen LogP contribution in [0, 0.1) is 0 Å². The highest BCUT2D eigenvalue weighted by Crippen LogP contribution is 2.38. The third kappa shape index (κ3) is 32.2. The Morgan fingerprint density at radius 2 is 1.31 bits per heavy atom. The number of amides is 1. The van der Waals surface area contributed by atoms with Gasteiger partial charge in [-0.2, -0.15) is 0 Å². The van der Waals surface area contributed by atoms with Crippen LogP contribution in [0.25, 0.3) is 0 Å². The summed E-state index contributed by atoms with van der Waals surface area (Å²) in [6.07, 6.45) is 40.8. The minimum absolute atomic E-state index is 0.0196. The average Bonchev–Trinajstić information content (AvgIpc) is 3.02. The van der Waals surface area contributed by atoms with E-state index >= 15 is 0 Å². The number of hydrogen-bond donors (Lipinski definition) is 2. The van der Waals surface area contributed by atoms with E-state index < -0.39 is 26.6 Å². The standard InChI is InChI=1S/C39H67N2O6P/c1-6-8-10-12-14-16-17-18-19-20-21-22-23-25-27-29-31-33-39(43)40-37(36-47-48(44,45)46-35-34-41(3,4)5)38(42)32-30-28-26-24-15-13-11-9-7-2/h7-10,14-16,18-19,21-22,24,30,32,37-38,42H,6,11-13,17,20,23,25-29,31,33-36H2,1-5H3,(H-,40,43,44,45)/b9-7+,10-8-,16-14-,19-18-,22-21-,24-15+,32-30+.